The molecule has 9 heteroatoms. The number of carbonyl (C=O) groups is 1. The van der Waals surface area contributed by atoms with Crippen LogP contribution in [0.25, 0.3) is 6.08 Å². The summed E-state index contributed by atoms with van der Waals surface area (Å²) >= 11 is 0.978. The molecule has 1 aliphatic heterocycles. The third kappa shape index (κ3) is 4.83. The lowest BCUT2D eigenvalue weighted by Crippen LogP contribution is -2.18. The van der Waals surface area contributed by atoms with Crippen molar-refractivity contribution in [2.45, 2.75) is 6.36 Å². The van der Waals surface area contributed by atoms with Crippen LogP contribution in [-0.4, -0.2) is 22.4 Å². The third-order valence-electron chi connectivity index (χ3n) is 2.95. The van der Waals surface area contributed by atoms with E-state index in [0.717, 1.165) is 29.5 Å². The highest BCUT2D eigenvalue weighted by molar-refractivity contribution is 8.18. The van der Waals surface area contributed by atoms with Gasteiger partial charge >= 0.3 is 6.36 Å². The largest absolute Gasteiger partial charge is 0.573 e. The van der Waals surface area contributed by atoms with Gasteiger partial charge in [0.2, 0.25) is 0 Å². The first-order chi connectivity index (χ1) is 11.9. The Hall–Kier alpha value is -2.81. The first-order valence-corrected chi connectivity index (χ1v) is 7.76. The van der Waals surface area contributed by atoms with Crippen LogP contribution < -0.4 is 10.1 Å². The Balaban J connectivity index is 1.83. The fourth-order valence-electron chi connectivity index (χ4n) is 1.98. The summed E-state index contributed by atoms with van der Waals surface area (Å²) in [5, 5.41) is 2.31. The number of nitrogens with one attached hydrogen (secondary N) is 1. The number of ether oxygens (including phenoxy) is 1. The van der Waals surface area contributed by atoms with Crippen molar-refractivity contribution in [1.29, 1.82) is 0 Å². The molecule has 5 nitrogen and oxygen atoms in total. The van der Waals surface area contributed by atoms with E-state index >= 15 is 0 Å². The second-order valence-corrected chi connectivity index (χ2v) is 5.83. The highest BCUT2D eigenvalue weighted by Crippen LogP contribution is 2.29. The number of aromatic nitrogens is 1. The lowest BCUT2D eigenvalue weighted by Gasteiger charge is -2.08. The predicted octanol–water partition coefficient (Wildman–Crippen LogP) is 4.51. The van der Waals surface area contributed by atoms with Crippen LogP contribution in [0, 0.1) is 0 Å². The number of halogens is 3. The number of thioether (sulfide) groups is 1. The minimum absolute atomic E-state index is 0.286. The second-order valence-electron chi connectivity index (χ2n) is 4.81. The molecule has 0 spiro atoms. The quantitative estimate of drug-likeness (QED) is 0.869. The van der Waals surface area contributed by atoms with Crippen molar-refractivity contribution in [2.75, 3.05) is 0 Å². The summed E-state index contributed by atoms with van der Waals surface area (Å²) in [7, 11) is 0. The Morgan fingerprint density at radius 3 is 2.60 bits per heavy atom. The molecule has 3 rings (SSSR count). The summed E-state index contributed by atoms with van der Waals surface area (Å²) in [6.07, 6.45) is 0.267. The minimum Gasteiger partial charge on any atom is -0.406 e. The van der Waals surface area contributed by atoms with Gasteiger partial charge in [-0.3, -0.25) is 9.78 Å². The van der Waals surface area contributed by atoms with E-state index in [1.165, 1.54) is 12.1 Å². The molecule has 25 heavy (non-hydrogen) atoms. The number of carbonyl (C=O) groups excluding carboxylic acids is 1. The van der Waals surface area contributed by atoms with Crippen LogP contribution in [0.5, 0.6) is 5.75 Å². The average molecular weight is 365 g/mol. The summed E-state index contributed by atoms with van der Waals surface area (Å²) < 4.78 is 40.3. The third-order valence-corrected chi connectivity index (χ3v) is 3.77. The SMILES string of the molecule is O=C1NC(=Nc2ccc(OC(F)(F)F)cc2)/C(=C\c2cccnc2)S1. The van der Waals surface area contributed by atoms with Crippen LogP contribution >= 0.6 is 11.8 Å². The molecular weight excluding hydrogens is 355 g/mol. The van der Waals surface area contributed by atoms with Gasteiger partial charge in [0.15, 0.2) is 0 Å². The molecule has 2 aromatic rings. The summed E-state index contributed by atoms with van der Waals surface area (Å²) in [5.41, 5.74) is 1.17. The van der Waals surface area contributed by atoms with E-state index in [9.17, 15) is 18.0 Å². The Kier molecular flexibility index (Phi) is 4.75. The first kappa shape index (κ1) is 17.0. The van der Waals surface area contributed by atoms with Gasteiger partial charge in [0.1, 0.15) is 11.6 Å². The zero-order chi connectivity index (χ0) is 17.9. The van der Waals surface area contributed by atoms with Gasteiger partial charge in [-0.15, -0.1) is 13.2 Å². The first-order valence-electron chi connectivity index (χ1n) is 6.94. The summed E-state index contributed by atoms with van der Waals surface area (Å²) in [6.45, 7) is 0. The molecule has 0 aliphatic carbocycles. The summed E-state index contributed by atoms with van der Waals surface area (Å²) in [6, 6.07) is 8.63. The number of pyridine rings is 1. The number of rotatable bonds is 3. The number of aliphatic imine (C=N–C) groups is 1. The van der Waals surface area contributed by atoms with Gasteiger partial charge < -0.3 is 10.1 Å². The highest BCUT2D eigenvalue weighted by atomic mass is 32.2. The van der Waals surface area contributed by atoms with Gasteiger partial charge in [-0.25, -0.2) is 4.99 Å². The van der Waals surface area contributed by atoms with Gasteiger partial charge in [-0.1, -0.05) is 6.07 Å². The second kappa shape index (κ2) is 6.98. The van der Waals surface area contributed by atoms with Crippen molar-refractivity contribution < 1.29 is 22.7 Å². The van der Waals surface area contributed by atoms with E-state index in [2.05, 4.69) is 20.0 Å². The number of hydrogen-bond donors (Lipinski definition) is 1. The Morgan fingerprint density at radius 2 is 1.96 bits per heavy atom. The number of benzene rings is 1. The maximum atomic E-state index is 12.2. The van der Waals surface area contributed by atoms with Crippen LogP contribution in [0.1, 0.15) is 5.56 Å². The van der Waals surface area contributed by atoms with Crippen molar-refractivity contribution >= 4 is 34.6 Å². The Labute approximate surface area is 144 Å². The van der Waals surface area contributed by atoms with E-state index in [0.29, 0.717) is 16.4 Å². The van der Waals surface area contributed by atoms with Crippen molar-refractivity contribution in [3.8, 4) is 5.75 Å². The van der Waals surface area contributed by atoms with E-state index in [1.807, 2.05) is 6.07 Å². The van der Waals surface area contributed by atoms with Gasteiger partial charge in [-0.2, -0.15) is 0 Å². The zero-order valence-corrected chi connectivity index (χ0v) is 13.3. The molecule has 0 bridgehead atoms. The van der Waals surface area contributed by atoms with Crippen LogP contribution in [0.2, 0.25) is 0 Å². The van der Waals surface area contributed by atoms with E-state index in [-0.39, 0.29) is 11.0 Å². The lowest BCUT2D eigenvalue weighted by molar-refractivity contribution is -0.274. The number of hydrogen-bond acceptors (Lipinski definition) is 5. The molecular formula is C16H10F3N3O2S. The average Bonchev–Trinajstić information content (AvgIpc) is 2.88. The molecule has 1 aliphatic rings. The monoisotopic (exact) mass is 365 g/mol. The molecule has 0 atom stereocenters. The maximum absolute atomic E-state index is 12.2. The summed E-state index contributed by atoms with van der Waals surface area (Å²) in [4.78, 5) is 20.5. The smallest absolute Gasteiger partial charge is 0.406 e. The fraction of sp³-hybridized carbons (Fsp3) is 0.0625. The molecule has 0 unspecified atom stereocenters. The highest BCUT2D eigenvalue weighted by Gasteiger charge is 2.31. The minimum atomic E-state index is -4.75. The predicted molar refractivity (Wildman–Crippen MR) is 88.6 cm³/mol. The molecule has 1 fully saturated rings. The number of amides is 1. The molecule has 1 amide bonds. The van der Waals surface area contributed by atoms with E-state index in [1.54, 1.807) is 24.5 Å². The Bertz CT molecular complexity index is 834. The topological polar surface area (TPSA) is 63.6 Å². The van der Waals surface area contributed by atoms with Crippen LogP contribution in [-0.2, 0) is 0 Å². The molecule has 0 saturated carbocycles. The van der Waals surface area contributed by atoms with Gasteiger partial charge in [-0.05, 0) is 53.7 Å². The zero-order valence-electron chi connectivity index (χ0n) is 12.4. The van der Waals surface area contributed by atoms with Crippen molar-refractivity contribution in [2.24, 2.45) is 4.99 Å². The maximum Gasteiger partial charge on any atom is 0.573 e. The number of amidine groups is 1. The lowest BCUT2D eigenvalue weighted by atomic mass is 10.2. The fourth-order valence-corrected chi connectivity index (χ4v) is 2.71. The molecule has 1 aromatic heterocycles. The number of alkyl halides is 3. The Morgan fingerprint density at radius 1 is 1.20 bits per heavy atom. The molecule has 0 radical (unpaired) electrons. The molecule has 2 heterocycles. The molecule has 1 N–H and O–H groups in total. The van der Waals surface area contributed by atoms with Crippen molar-refractivity contribution in [1.82, 2.24) is 10.3 Å². The van der Waals surface area contributed by atoms with Crippen LogP contribution in [0.3, 0.4) is 0 Å². The molecule has 1 saturated heterocycles. The standard InChI is InChI=1S/C16H10F3N3O2S/c17-16(18,19)24-12-5-3-11(4-6-12)21-14-13(25-15(23)22-14)8-10-2-1-7-20-9-10/h1-9H,(H,21,22,23)/b13-8+. The van der Waals surface area contributed by atoms with E-state index < -0.39 is 6.36 Å². The van der Waals surface area contributed by atoms with Gasteiger partial charge in [0.05, 0.1) is 10.6 Å². The van der Waals surface area contributed by atoms with Gasteiger partial charge in [0.25, 0.3) is 5.24 Å². The van der Waals surface area contributed by atoms with Gasteiger partial charge in [0, 0.05) is 12.4 Å². The van der Waals surface area contributed by atoms with Crippen LogP contribution in [0.4, 0.5) is 23.7 Å². The van der Waals surface area contributed by atoms with Crippen molar-refractivity contribution in [3.63, 3.8) is 0 Å². The normalized spacial score (nSPS) is 17.8. The summed E-state index contributed by atoms with van der Waals surface area (Å²) in [5.74, 6) is -0.0178. The number of nitrogens with zero attached hydrogens (tertiary/aromatic N) is 2. The molecule has 128 valence electrons. The van der Waals surface area contributed by atoms with Crippen LogP contribution in [0.15, 0.2) is 58.7 Å². The van der Waals surface area contributed by atoms with Crippen molar-refractivity contribution in [3.05, 3.63) is 59.3 Å². The van der Waals surface area contributed by atoms with E-state index in [4.69, 9.17) is 0 Å². The molecule has 1 aromatic carbocycles.